The van der Waals surface area contributed by atoms with Gasteiger partial charge in [0.15, 0.2) is 0 Å². The number of carbonyl (C=O) groups excluding carboxylic acids is 2. The first-order valence-corrected chi connectivity index (χ1v) is 7.79. The lowest BCUT2D eigenvalue weighted by Gasteiger charge is -2.43. The number of esters is 1. The lowest BCUT2D eigenvalue weighted by Crippen LogP contribution is -2.49. The highest BCUT2D eigenvalue weighted by Gasteiger charge is 2.38. The van der Waals surface area contributed by atoms with Crippen molar-refractivity contribution in [3.05, 3.63) is 60.7 Å². The smallest absolute Gasteiger partial charge is 0.330 e. The average Bonchev–Trinajstić information content (AvgIpc) is 2.58. The fourth-order valence-corrected chi connectivity index (χ4v) is 3.08. The first kappa shape index (κ1) is 17.2. The third-order valence-electron chi connectivity index (χ3n) is 4.35. The molecule has 0 unspecified atom stereocenters. The van der Waals surface area contributed by atoms with Gasteiger partial charge in [-0.3, -0.25) is 9.69 Å². The first-order valence-electron chi connectivity index (χ1n) is 7.79. The third-order valence-corrected chi connectivity index (χ3v) is 4.35. The Morgan fingerprint density at radius 3 is 2.70 bits per heavy atom. The summed E-state index contributed by atoms with van der Waals surface area (Å²) in [6, 6.07) is 9.81. The topological polar surface area (TPSA) is 46.6 Å². The molecule has 3 atom stereocenters. The van der Waals surface area contributed by atoms with Gasteiger partial charge in [0.05, 0.1) is 7.11 Å². The van der Waals surface area contributed by atoms with Crippen LogP contribution >= 0.6 is 0 Å². The van der Waals surface area contributed by atoms with Gasteiger partial charge in [-0.15, -0.1) is 6.58 Å². The largest absolute Gasteiger partial charge is 0.466 e. The minimum atomic E-state index is -0.412. The van der Waals surface area contributed by atoms with E-state index in [1.807, 2.05) is 43.3 Å². The molecule has 4 nitrogen and oxygen atoms in total. The maximum absolute atomic E-state index is 12.4. The Kier molecular flexibility index (Phi) is 5.88. The molecule has 1 aliphatic heterocycles. The molecule has 0 aromatic heterocycles. The van der Waals surface area contributed by atoms with Crippen molar-refractivity contribution < 1.29 is 14.3 Å². The summed E-state index contributed by atoms with van der Waals surface area (Å²) in [5.74, 6) is -0.375. The summed E-state index contributed by atoms with van der Waals surface area (Å²) in [6.07, 6.45) is 5.48. The number of methoxy groups -OCH3 is 1. The molecule has 122 valence electrons. The summed E-state index contributed by atoms with van der Waals surface area (Å²) in [7, 11) is 1.34. The van der Waals surface area contributed by atoms with Crippen molar-refractivity contribution in [1.82, 2.24) is 4.90 Å². The number of hydrogen-bond acceptors (Lipinski definition) is 4. The summed E-state index contributed by atoms with van der Waals surface area (Å²) in [6.45, 7) is 6.39. The van der Waals surface area contributed by atoms with Crippen molar-refractivity contribution in [1.29, 1.82) is 0 Å². The van der Waals surface area contributed by atoms with Crippen LogP contribution in [0.5, 0.6) is 0 Å². The van der Waals surface area contributed by atoms with Crippen LogP contribution in [0.4, 0.5) is 0 Å². The van der Waals surface area contributed by atoms with Gasteiger partial charge in [0.25, 0.3) is 0 Å². The van der Waals surface area contributed by atoms with Crippen molar-refractivity contribution in [2.45, 2.75) is 25.4 Å². The second-order valence-corrected chi connectivity index (χ2v) is 5.74. The number of hydrogen-bond donors (Lipinski definition) is 0. The maximum Gasteiger partial charge on any atom is 0.330 e. The van der Waals surface area contributed by atoms with Crippen LogP contribution < -0.4 is 0 Å². The highest BCUT2D eigenvalue weighted by molar-refractivity contribution is 5.85. The molecule has 23 heavy (non-hydrogen) atoms. The van der Waals surface area contributed by atoms with Crippen molar-refractivity contribution in [2.24, 2.45) is 5.92 Å². The van der Waals surface area contributed by atoms with Gasteiger partial charge in [-0.25, -0.2) is 4.79 Å². The number of Topliss-reactive ketones (excluding diaryl/α,β-unsaturated/α-hetero) is 1. The number of ketones is 1. The Bertz CT molecular complexity index is 594. The fraction of sp³-hybridized carbons (Fsp3) is 0.368. The molecule has 4 heteroatoms. The van der Waals surface area contributed by atoms with Gasteiger partial charge >= 0.3 is 5.97 Å². The molecular formula is C19H23NO3. The quantitative estimate of drug-likeness (QED) is 0.476. The number of carbonyl (C=O) groups is 2. The predicted molar refractivity (Wildman–Crippen MR) is 89.8 cm³/mol. The van der Waals surface area contributed by atoms with Crippen LogP contribution in [0.3, 0.4) is 0 Å². The summed E-state index contributed by atoms with van der Waals surface area (Å²) < 4.78 is 4.66. The first-order chi connectivity index (χ1) is 11.1. The molecule has 1 saturated heterocycles. The number of piperidine rings is 1. The van der Waals surface area contributed by atoms with E-state index in [1.54, 1.807) is 6.08 Å². The zero-order valence-corrected chi connectivity index (χ0v) is 13.6. The van der Waals surface area contributed by atoms with E-state index in [1.165, 1.54) is 13.2 Å². The van der Waals surface area contributed by atoms with E-state index in [2.05, 4.69) is 16.2 Å². The second kappa shape index (κ2) is 7.88. The van der Waals surface area contributed by atoms with Gasteiger partial charge in [-0.05, 0) is 5.56 Å². The van der Waals surface area contributed by atoms with Crippen molar-refractivity contribution in [3.8, 4) is 0 Å². The molecule has 1 aromatic rings. The molecular weight excluding hydrogens is 290 g/mol. The zero-order chi connectivity index (χ0) is 16.8. The number of likely N-dealkylation sites (tertiary alicyclic amines) is 1. The maximum atomic E-state index is 12.4. The summed E-state index contributed by atoms with van der Waals surface area (Å²) >= 11 is 0. The lowest BCUT2D eigenvalue weighted by atomic mass is 9.82. The Hall–Kier alpha value is -2.20. The Morgan fingerprint density at radius 2 is 2.09 bits per heavy atom. The Balaban J connectivity index is 2.36. The summed E-state index contributed by atoms with van der Waals surface area (Å²) in [5, 5.41) is 0. The number of nitrogens with zero attached hydrogens (tertiary/aromatic N) is 1. The lowest BCUT2D eigenvalue weighted by molar-refractivity contribution is -0.135. The standard InChI is InChI=1S/C19H23NO3/c1-4-12-20-16(10-11-19(22)23-3)14(2)18(21)13-17(20)15-8-6-5-7-9-15/h4-11,14,16-17H,1,12-13H2,2-3H3/b11-10+/t14-,16-,17-/m0/s1. The van der Waals surface area contributed by atoms with Crippen LogP contribution in [-0.2, 0) is 14.3 Å². The molecule has 1 aromatic carbocycles. The summed E-state index contributed by atoms with van der Waals surface area (Å²) in [5.41, 5.74) is 1.10. The SMILES string of the molecule is C=CCN1[C@H](c2ccccc2)CC(=O)[C@@H](C)[C@@H]1/C=C/C(=O)OC. The van der Waals surface area contributed by atoms with Crippen molar-refractivity contribution >= 4 is 11.8 Å². The van der Waals surface area contributed by atoms with Gasteiger partial charge in [0.2, 0.25) is 0 Å². The van der Waals surface area contributed by atoms with E-state index in [4.69, 9.17) is 0 Å². The highest BCUT2D eigenvalue weighted by Crippen LogP contribution is 2.35. The van der Waals surface area contributed by atoms with E-state index in [-0.39, 0.29) is 23.8 Å². The van der Waals surface area contributed by atoms with E-state index in [9.17, 15) is 9.59 Å². The van der Waals surface area contributed by atoms with E-state index < -0.39 is 5.97 Å². The van der Waals surface area contributed by atoms with E-state index in [0.29, 0.717) is 13.0 Å². The number of ether oxygens (including phenoxy) is 1. The molecule has 0 radical (unpaired) electrons. The monoisotopic (exact) mass is 313 g/mol. The molecule has 1 aliphatic rings. The number of rotatable bonds is 5. The molecule has 0 bridgehead atoms. The second-order valence-electron chi connectivity index (χ2n) is 5.74. The normalized spacial score (nSPS) is 25.5. The van der Waals surface area contributed by atoms with Crippen molar-refractivity contribution in [2.75, 3.05) is 13.7 Å². The molecule has 2 rings (SSSR count). The Morgan fingerprint density at radius 1 is 1.39 bits per heavy atom. The van der Waals surface area contributed by atoms with Crippen molar-refractivity contribution in [3.63, 3.8) is 0 Å². The highest BCUT2D eigenvalue weighted by atomic mass is 16.5. The Labute approximate surface area is 137 Å². The average molecular weight is 313 g/mol. The molecule has 0 N–H and O–H groups in total. The molecule has 0 spiro atoms. The van der Waals surface area contributed by atoms with Gasteiger partial charge in [0.1, 0.15) is 5.78 Å². The third kappa shape index (κ3) is 3.96. The molecule has 0 aliphatic carbocycles. The van der Waals surface area contributed by atoms with Crippen LogP contribution in [0.25, 0.3) is 0 Å². The molecule has 1 fully saturated rings. The van der Waals surface area contributed by atoms with Crippen LogP contribution in [0.15, 0.2) is 55.1 Å². The van der Waals surface area contributed by atoms with E-state index >= 15 is 0 Å². The predicted octanol–water partition coefficient (Wildman–Crippen LogP) is 2.92. The fourth-order valence-electron chi connectivity index (χ4n) is 3.08. The summed E-state index contributed by atoms with van der Waals surface area (Å²) in [4.78, 5) is 26.1. The van der Waals surface area contributed by atoms with Crippen LogP contribution in [0.1, 0.15) is 24.9 Å². The minimum absolute atomic E-state index is 0.00908. The van der Waals surface area contributed by atoms with Gasteiger partial charge in [-0.1, -0.05) is 49.4 Å². The van der Waals surface area contributed by atoms with E-state index in [0.717, 1.165) is 5.56 Å². The van der Waals surface area contributed by atoms with Crippen LogP contribution in [-0.4, -0.2) is 36.3 Å². The molecule has 0 saturated carbocycles. The molecule has 1 heterocycles. The van der Waals surface area contributed by atoms with Gasteiger partial charge in [-0.2, -0.15) is 0 Å². The van der Waals surface area contributed by atoms with Gasteiger partial charge < -0.3 is 4.74 Å². The minimum Gasteiger partial charge on any atom is -0.466 e. The van der Waals surface area contributed by atoms with Gasteiger partial charge in [0, 0.05) is 37.0 Å². The van der Waals surface area contributed by atoms with Crippen LogP contribution in [0.2, 0.25) is 0 Å². The molecule has 0 amide bonds. The zero-order valence-electron chi connectivity index (χ0n) is 13.6. The number of benzene rings is 1. The van der Waals surface area contributed by atoms with Crippen LogP contribution in [0, 0.1) is 5.92 Å².